The Bertz CT molecular complexity index is 1290. The highest BCUT2D eigenvalue weighted by molar-refractivity contribution is 9.10. The number of carbonyl (C=O) groups excluding carboxylic acids is 1. The molecule has 0 bridgehead atoms. The first kappa shape index (κ1) is 22.1. The Morgan fingerprint density at radius 3 is 2.55 bits per heavy atom. The number of aromatic nitrogens is 1. The van der Waals surface area contributed by atoms with Crippen molar-refractivity contribution in [1.29, 1.82) is 0 Å². The summed E-state index contributed by atoms with van der Waals surface area (Å²) in [6.07, 6.45) is 5.67. The predicted octanol–water partition coefficient (Wildman–Crippen LogP) is 5.34. The Kier molecular flexibility index (Phi) is 5.33. The molecule has 5 rings (SSSR count). The normalized spacial score (nSPS) is 24.2. The molecule has 33 heavy (non-hydrogen) atoms. The van der Waals surface area contributed by atoms with Crippen molar-refractivity contribution in [3.63, 3.8) is 0 Å². The number of halogens is 2. The maximum Gasteiger partial charge on any atom is 0.261 e. The fourth-order valence-electron chi connectivity index (χ4n) is 5.31. The Morgan fingerprint density at radius 1 is 1.12 bits per heavy atom. The second kappa shape index (κ2) is 7.96. The first-order chi connectivity index (χ1) is 15.7. The quantitative estimate of drug-likeness (QED) is 0.504. The van der Waals surface area contributed by atoms with Crippen LogP contribution in [0.4, 0.5) is 0 Å². The maximum atomic E-state index is 13.6. The Labute approximate surface area is 206 Å². The van der Waals surface area contributed by atoms with Gasteiger partial charge in [-0.3, -0.25) is 14.7 Å². The van der Waals surface area contributed by atoms with E-state index in [2.05, 4.69) is 70.3 Å². The lowest BCUT2D eigenvalue weighted by Crippen LogP contribution is -2.47. The molecule has 2 N–H and O–H groups in total. The molecule has 3 aromatic rings. The van der Waals surface area contributed by atoms with Crippen molar-refractivity contribution in [3.05, 3.63) is 87.1 Å². The number of amides is 1. The van der Waals surface area contributed by atoms with Crippen molar-refractivity contribution in [2.24, 2.45) is 16.1 Å². The number of benzene rings is 2. The monoisotopic (exact) mass is 522 g/mol. The van der Waals surface area contributed by atoms with Crippen molar-refractivity contribution in [1.82, 2.24) is 9.88 Å². The topological polar surface area (TPSA) is 71.6 Å². The number of nitrogens with two attached hydrogens (primary N) is 1. The summed E-state index contributed by atoms with van der Waals surface area (Å²) >= 11 is 9.69. The molecule has 5 nitrogen and oxygen atoms in total. The maximum absolute atomic E-state index is 13.6. The lowest BCUT2D eigenvalue weighted by molar-refractivity contribution is -0.132. The van der Waals surface area contributed by atoms with E-state index in [0.717, 1.165) is 39.6 Å². The highest BCUT2D eigenvalue weighted by Crippen LogP contribution is 2.51. The highest BCUT2D eigenvalue weighted by Gasteiger charge is 2.55. The number of nitrogens with zero attached hydrogens (tertiary/aromatic N) is 3. The van der Waals surface area contributed by atoms with Gasteiger partial charge in [-0.25, -0.2) is 4.99 Å². The molecule has 1 aliphatic heterocycles. The van der Waals surface area contributed by atoms with Crippen LogP contribution in [0.3, 0.4) is 0 Å². The van der Waals surface area contributed by atoms with Crippen molar-refractivity contribution in [2.75, 3.05) is 7.05 Å². The van der Waals surface area contributed by atoms with Crippen LogP contribution in [0.1, 0.15) is 30.0 Å². The second-order valence-corrected chi connectivity index (χ2v) is 10.8. The van der Waals surface area contributed by atoms with E-state index in [0.29, 0.717) is 11.4 Å². The molecule has 2 atom stereocenters. The van der Waals surface area contributed by atoms with Crippen LogP contribution in [-0.2, 0) is 23.2 Å². The molecule has 2 heterocycles. The van der Waals surface area contributed by atoms with Crippen LogP contribution in [0.5, 0.6) is 0 Å². The fraction of sp³-hybridized carbons (Fsp3) is 0.269. The first-order valence-electron chi connectivity index (χ1n) is 10.8. The molecule has 7 heteroatoms. The van der Waals surface area contributed by atoms with E-state index < -0.39 is 5.54 Å². The van der Waals surface area contributed by atoms with Gasteiger partial charge in [-0.2, -0.15) is 0 Å². The molecule has 0 fully saturated rings. The van der Waals surface area contributed by atoms with Crippen molar-refractivity contribution < 1.29 is 4.79 Å². The molecule has 1 spiro atoms. The van der Waals surface area contributed by atoms with Gasteiger partial charge < -0.3 is 5.73 Å². The molecule has 1 aliphatic carbocycles. The molecule has 0 saturated carbocycles. The number of carbonyl (C=O) groups is 1. The summed E-state index contributed by atoms with van der Waals surface area (Å²) in [5.74, 6) is 0.179. The molecule has 0 unspecified atom stereocenters. The van der Waals surface area contributed by atoms with Gasteiger partial charge in [0.15, 0.2) is 11.5 Å². The molecule has 0 radical (unpaired) electrons. The number of hydrogen-bond acceptors (Lipinski definition) is 4. The van der Waals surface area contributed by atoms with E-state index >= 15 is 0 Å². The van der Waals surface area contributed by atoms with E-state index in [1.807, 2.05) is 6.07 Å². The van der Waals surface area contributed by atoms with Gasteiger partial charge >= 0.3 is 0 Å². The van der Waals surface area contributed by atoms with E-state index in [-0.39, 0.29) is 17.3 Å². The van der Waals surface area contributed by atoms with Crippen molar-refractivity contribution >= 4 is 39.4 Å². The van der Waals surface area contributed by atoms with Crippen LogP contribution in [0.25, 0.3) is 11.1 Å². The SMILES string of the molecule is CN1C(=O)[C@]2(C[C@](C)(Cc3ccc(Br)cc3)Cc3ccc(-c4cncc(Cl)c4)cc32)N=C1N. The third kappa shape index (κ3) is 3.85. The molecular weight excluding hydrogens is 500 g/mol. The van der Waals surface area contributed by atoms with Crippen LogP contribution in [-0.4, -0.2) is 28.8 Å². The van der Waals surface area contributed by atoms with Gasteiger partial charge in [0.05, 0.1) is 5.02 Å². The largest absolute Gasteiger partial charge is 0.369 e. The number of pyridine rings is 1. The minimum Gasteiger partial charge on any atom is -0.369 e. The highest BCUT2D eigenvalue weighted by atomic mass is 79.9. The lowest BCUT2D eigenvalue weighted by atomic mass is 9.62. The van der Waals surface area contributed by atoms with Crippen LogP contribution in [0.2, 0.25) is 5.02 Å². The lowest BCUT2D eigenvalue weighted by Gasteiger charge is -2.43. The Hall–Kier alpha value is -2.70. The standard InChI is InChI=1S/C26H24BrClN4O/c1-25(11-16-3-7-20(27)8-4-16)12-18-6-5-17(19-9-21(28)14-30-13-19)10-22(18)26(15-25)23(33)32(2)24(29)31-26/h3-10,13-14H,11-12,15H2,1-2H3,(H2,29,31)/t25-,26-/m1/s1. The number of rotatable bonds is 3. The minimum absolute atomic E-state index is 0.0793. The number of hydrogen-bond donors (Lipinski definition) is 1. The number of aliphatic imine (C=N–C) groups is 1. The zero-order valence-corrected chi connectivity index (χ0v) is 20.8. The summed E-state index contributed by atoms with van der Waals surface area (Å²) in [4.78, 5) is 24.1. The fourth-order valence-corrected chi connectivity index (χ4v) is 5.75. The summed E-state index contributed by atoms with van der Waals surface area (Å²) in [5, 5.41) is 0.570. The van der Waals surface area contributed by atoms with E-state index in [1.54, 1.807) is 19.4 Å². The van der Waals surface area contributed by atoms with E-state index in [4.69, 9.17) is 22.3 Å². The van der Waals surface area contributed by atoms with Gasteiger partial charge in [0.1, 0.15) is 0 Å². The van der Waals surface area contributed by atoms with Crippen molar-refractivity contribution in [3.8, 4) is 11.1 Å². The van der Waals surface area contributed by atoms with Crippen molar-refractivity contribution in [2.45, 2.75) is 31.7 Å². The van der Waals surface area contributed by atoms with Crippen LogP contribution >= 0.6 is 27.5 Å². The van der Waals surface area contributed by atoms with Gasteiger partial charge in [0.25, 0.3) is 5.91 Å². The summed E-state index contributed by atoms with van der Waals surface area (Å²) in [5.41, 5.74) is 10.1. The molecule has 168 valence electrons. The first-order valence-corrected chi connectivity index (χ1v) is 12.0. The van der Waals surface area contributed by atoms with Gasteiger partial charge in [-0.1, -0.05) is 58.7 Å². The van der Waals surface area contributed by atoms with E-state index in [9.17, 15) is 4.79 Å². The zero-order chi connectivity index (χ0) is 23.4. The molecule has 2 aromatic carbocycles. The Morgan fingerprint density at radius 2 is 1.88 bits per heavy atom. The van der Waals surface area contributed by atoms with E-state index in [1.165, 1.54) is 10.5 Å². The average Bonchev–Trinajstić information content (AvgIpc) is 2.99. The molecule has 0 saturated heterocycles. The number of likely N-dealkylation sites (N-methyl/N-ethyl adjacent to an activating group) is 1. The minimum atomic E-state index is -1.03. The molecule has 2 aliphatic rings. The van der Waals surface area contributed by atoms with Gasteiger partial charge in [-0.15, -0.1) is 0 Å². The zero-order valence-electron chi connectivity index (χ0n) is 18.5. The summed E-state index contributed by atoms with van der Waals surface area (Å²) in [6, 6.07) is 16.5. The molecule has 1 aromatic heterocycles. The molecule has 1 amide bonds. The second-order valence-electron chi connectivity index (χ2n) is 9.43. The predicted molar refractivity (Wildman–Crippen MR) is 135 cm³/mol. The smallest absolute Gasteiger partial charge is 0.261 e. The average molecular weight is 524 g/mol. The third-order valence-corrected chi connectivity index (χ3v) is 7.48. The third-order valence-electron chi connectivity index (χ3n) is 6.75. The summed E-state index contributed by atoms with van der Waals surface area (Å²) in [7, 11) is 1.70. The van der Waals surface area contributed by atoms with Gasteiger partial charge in [0, 0.05) is 29.5 Å². The summed E-state index contributed by atoms with van der Waals surface area (Å²) in [6.45, 7) is 2.24. The Balaban J connectivity index is 1.63. The van der Waals surface area contributed by atoms with Crippen LogP contribution in [0.15, 0.2) is 70.4 Å². The summed E-state index contributed by atoms with van der Waals surface area (Å²) < 4.78 is 1.05. The van der Waals surface area contributed by atoms with Gasteiger partial charge in [0.2, 0.25) is 0 Å². The van der Waals surface area contributed by atoms with Crippen LogP contribution in [0, 0.1) is 5.41 Å². The number of fused-ring (bicyclic) bond motifs is 2. The van der Waals surface area contributed by atoms with Gasteiger partial charge in [-0.05, 0) is 71.2 Å². The number of guanidine groups is 1. The molecular formula is C26H24BrClN4O. The van der Waals surface area contributed by atoms with Crippen LogP contribution < -0.4 is 5.73 Å².